The molecule has 1 heterocycles. The molecule has 4 nitrogen and oxygen atoms in total. The van der Waals surface area contributed by atoms with Gasteiger partial charge in [0.15, 0.2) is 5.16 Å². The van der Waals surface area contributed by atoms with Crippen molar-refractivity contribution in [3.05, 3.63) is 41.7 Å². The fraction of sp³-hybridized carbons (Fsp3) is 0.474. The van der Waals surface area contributed by atoms with Gasteiger partial charge in [-0.1, -0.05) is 42.8 Å². The molecule has 0 radical (unpaired) electrons. The monoisotopic (exact) mass is 343 g/mol. The zero-order valence-electron chi connectivity index (χ0n) is 14.6. The Morgan fingerprint density at radius 3 is 2.58 bits per heavy atom. The minimum absolute atomic E-state index is 0.0162. The summed E-state index contributed by atoms with van der Waals surface area (Å²) in [6.45, 7) is 6.14. The Kier molecular flexibility index (Phi) is 5.29. The van der Waals surface area contributed by atoms with Crippen molar-refractivity contribution in [3.63, 3.8) is 0 Å². The first-order valence-corrected chi connectivity index (χ1v) is 9.52. The van der Waals surface area contributed by atoms with Crippen LogP contribution in [0.1, 0.15) is 50.0 Å². The normalized spacial score (nSPS) is 16.3. The molecule has 1 amide bonds. The van der Waals surface area contributed by atoms with Crippen LogP contribution in [0.3, 0.4) is 0 Å². The average Bonchev–Trinajstić information content (AvgIpc) is 3.17. The minimum Gasteiger partial charge on any atom is -0.325 e. The molecule has 0 bridgehead atoms. The number of nitrogens with one attached hydrogen (secondary N) is 1. The number of hydrogen-bond donors (Lipinski definition) is 1. The predicted octanol–water partition coefficient (Wildman–Crippen LogP) is 4.73. The van der Waals surface area contributed by atoms with Gasteiger partial charge in [-0.25, -0.2) is 4.98 Å². The highest BCUT2D eigenvalue weighted by atomic mass is 32.2. The van der Waals surface area contributed by atoms with Crippen LogP contribution in [-0.4, -0.2) is 20.7 Å². The Labute approximate surface area is 148 Å². The van der Waals surface area contributed by atoms with Gasteiger partial charge in [0, 0.05) is 17.4 Å². The highest BCUT2D eigenvalue weighted by Crippen LogP contribution is 2.36. The standard InChI is InChI=1S/C19H25N3OS/c1-13-14(2)22(17-11-7-8-12-17)19(20-13)24-15(3)18(23)21-16-9-5-4-6-10-16/h4-6,9-10,15,17H,7-8,11-12H2,1-3H3,(H,21,23)/t15-/m0/s1. The Morgan fingerprint density at radius 2 is 1.92 bits per heavy atom. The van der Waals surface area contributed by atoms with E-state index in [9.17, 15) is 4.79 Å². The molecule has 1 aliphatic carbocycles. The van der Waals surface area contributed by atoms with Crippen molar-refractivity contribution in [2.24, 2.45) is 0 Å². The number of para-hydroxylation sites is 1. The summed E-state index contributed by atoms with van der Waals surface area (Å²) >= 11 is 1.56. The summed E-state index contributed by atoms with van der Waals surface area (Å²) in [5.41, 5.74) is 3.14. The van der Waals surface area contributed by atoms with E-state index in [1.807, 2.05) is 37.3 Å². The van der Waals surface area contributed by atoms with Gasteiger partial charge in [0.2, 0.25) is 5.91 Å². The van der Waals surface area contributed by atoms with E-state index in [-0.39, 0.29) is 11.2 Å². The second-order valence-corrected chi connectivity index (χ2v) is 7.80. The maximum atomic E-state index is 12.5. The van der Waals surface area contributed by atoms with Crippen LogP contribution in [-0.2, 0) is 4.79 Å². The van der Waals surface area contributed by atoms with Crippen molar-refractivity contribution in [1.29, 1.82) is 0 Å². The maximum Gasteiger partial charge on any atom is 0.237 e. The summed E-state index contributed by atoms with van der Waals surface area (Å²) in [5.74, 6) is 0.0162. The molecule has 1 aliphatic rings. The number of nitrogens with zero attached hydrogens (tertiary/aromatic N) is 2. The molecule has 0 saturated heterocycles. The third kappa shape index (κ3) is 3.66. The number of benzene rings is 1. The fourth-order valence-corrected chi connectivity index (χ4v) is 4.32. The highest BCUT2D eigenvalue weighted by Gasteiger charge is 2.25. The SMILES string of the molecule is Cc1nc(S[C@@H](C)C(=O)Nc2ccccc2)n(C2CCCC2)c1C. The van der Waals surface area contributed by atoms with Crippen molar-refractivity contribution in [1.82, 2.24) is 9.55 Å². The number of thioether (sulfide) groups is 1. The van der Waals surface area contributed by atoms with E-state index < -0.39 is 0 Å². The van der Waals surface area contributed by atoms with Crippen LogP contribution in [0.4, 0.5) is 5.69 Å². The first kappa shape index (κ1) is 17.1. The van der Waals surface area contributed by atoms with Gasteiger partial charge in [0.1, 0.15) is 0 Å². The third-order valence-electron chi connectivity index (χ3n) is 4.74. The molecule has 1 saturated carbocycles. The van der Waals surface area contributed by atoms with Crippen LogP contribution in [0.15, 0.2) is 35.5 Å². The number of aryl methyl sites for hydroxylation is 1. The van der Waals surface area contributed by atoms with E-state index in [4.69, 9.17) is 4.98 Å². The Bertz CT molecular complexity index is 705. The summed E-state index contributed by atoms with van der Waals surface area (Å²) in [4.78, 5) is 17.2. The van der Waals surface area contributed by atoms with E-state index in [1.54, 1.807) is 11.8 Å². The first-order chi connectivity index (χ1) is 11.6. The second-order valence-electron chi connectivity index (χ2n) is 6.49. The maximum absolute atomic E-state index is 12.5. The summed E-state index contributed by atoms with van der Waals surface area (Å²) in [5, 5.41) is 3.77. The first-order valence-electron chi connectivity index (χ1n) is 8.64. The van der Waals surface area contributed by atoms with Gasteiger partial charge in [-0.05, 0) is 45.7 Å². The van der Waals surface area contributed by atoms with Crippen LogP contribution >= 0.6 is 11.8 Å². The van der Waals surface area contributed by atoms with Crippen LogP contribution in [0.2, 0.25) is 0 Å². The summed E-state index contributed by atoms with van der Waals surface area (Å²) in [6, 6.07) is 10.1. The van der Waals surface area contributed by atoms with Crippen molar-refractivity contribution in [2.45, 2.75) is 62.9 Å². The largest absolute Gasteiger partial charge is 0.325 e. The molecule has 2 aromatic rings. The van der Waals surface area contributed by atoms with Gasteiger partial charge in [-0.2, -0.15) is 0 Å². The lowest BCUT2D eigenvalue weighted by atomic mass is 10.2. The molecule has 128 valence electrons. The van der Waals surface area contributed by atoms with Crippen LogP contribution in [0.25, 0.3) is 0 Å². The number of hydrogen-bond acceptors (Lipinski definition) is 3. The summed E-state index contributed by atoms with van der Waals surface area (Å²) < 4.78 is 2.36. The van der Waals surface area contributed by atoms with E-state index in [1.165, 1.54) is 31.4 Å². The Hall–Kier alpha value is -1.75. The Morgan fingerprint density at radius 1 is 1.25 bits per heavy atom. The fourth-order valence-electron chi connectivity index (χ4n) is 3.25. The lowest BCUT2D eigenvalue weighted by Crippen LogP contribution is -2.23. The van der Waals surface area contributed by atoms with Crippen LogP contribution in [0, 0.1) is 13.8 Å². The molecular formula is C19H25N3OS. The topological polar surface area (TPSA) is 46.9 Å². The molecule has 1 fully saturated rings. The molecule has 1 atom stereocenters. The van der Waals surface area contributed by atoms with Gasteiger partial charge in [0.25, 0.3) is 0 Å². The van der Waals surface area contributed by atoms with Gasteiger partial charge in [-0.3, -0.25) is 4.79 Å². The predicted molar refractivity (Wildman–Crippen MR) is 99.6 cm³/mol. The van der Waals surface area contributed by atoms with Gasteiger partial charge < -0.3 is 9.88 Å². The lowest BCUT2D eigenvalue weighted by Gasteiger charge is -2.18. The third-order valence-corrected chi connectivity index (χ3v) is 5.80. The quantitative estimate of drug-likeness (QED) is 0.798. The van der Waals surface area contributed by atoms with Gasteiger partial charge in [-0.15, -0.1) is 0 Å². The number of carbonyl (C=O) groups is 1. The average molecular weight is 343 g/mol. The van der Waals surface area contributed by atoms with Crippen molar-refractivity contribution in [2.75, 3.05) is 5.32 Å². The van der Waals surface area contributed by atoms with E-state index in [2.05, 4.69) is 23.7 Å². The number of anilines is 1. The Balaban J connectivity index is 1.73. The molecule has 0 aliphatic heterocycles. The number of rotatable bonds is 5. The molecule has 24 heavy (non-hydrogen) atoms. The second kappa shape index (κ2) is 7.43. The van der Waals surface area contributed by atoms with Gasteiger partial charge in [0.05, 0.1) is 10.9 Å². The minimum atomic E-state index is -0.188. The number of imidazole rings is 1. The number of amides is 1. The highest BCUT2D eigenvalue weighted by molar-refractivity contribution is 8.00. The smallest absolute Gasteiger partial charge is 0.237 e. The summed E-state index contributed by atoms with van der Waals surface area (Å²) in [6.07, 6.45) is 5.01. The molecule has 1 aromatic heterocycles. The molecule has 5 heteroatoms. The number of aromatic nitrogens is 2. The van der Waals surface area contributed by atoms with E-state index in [0.29, 0.717) is 6.04 Å². The lowest BCUT2D eigenvalue weighted by molar-refractivity contribution is -0.115. The molecule has 3 rings (SSSR count). The summed E-state index contributed by atoms with van der Waals surface area (Å²) in [7, 11) is 0. The van der Waals surface area contributed by atoms with Crippen LogP contribution in [0.5, 0.6) is 0 Å². The van der Waals surface area contributed by atoms with Crippen LogP contribution < -0.4 is 5.32 Å². The van der Waals surface area contributed by atoms with Gasteiger partial charge >= 0.3 is 0 Å². The zero-order valence-corrected chi connectivity index (χ0v) is 15.4. The molecule has 0 unspecified atom stereocenters. The van der Waals surface area contributed by atoms with E-state index >= 15 is 0 Å². The molecular weight excluding hydrogens is 318 g/mol. The molecule has 1 aromatic carbocycles. The number of carbonyl (C=O) groups excluding carboxylic acids is 1. The molecule has 1 N–H and O–H groups in total. The van der Waals surface area contributed by atoms with Crippen molar-refractivity contribution in [3.8, 4) is 0 Å². The molecule has 0 spiro atoms. The van der Waals surface area contributed by atoms with E-state index in [0.717, 1.165) is 16.5 Å². The van der Waals surface area contributed by atoms with Crippen molar-refractivity contribution >= 4 is 23.4 Å². The van der Waals surface area contributed by atoms with Crippen molar-refractivity contribution < 1.29 is 4.79 Å². The zero-order chi connectivity index (χ0) is 17.1.